The van der Waals surface area contributed by atoms with E-state index in [1.165, 1.54) is 11.1 Å². The molecule has 2 rings (SSSR count). The lowest BCUT2D eigenvalue weighted by Gasteiger charge is -2.08. The van der Waals surface area contributed by atoms with Crippen LogP contribution in [-0.2, 0) is 6.42 Å². The predicted molar refractivity (Wildman–Crippen MR) is 66.6 cm³/mol. The summed E-state index contributed by atoms with van der Waals surface area (Å²) in [6.45, 7) is 2.13. The highest BCUT2D eigenvalue weighted by atomic mass is 16.1. The Labute approximate surface area is 95.7 Å². The maximum Gasteiger partial charge on any atom is 0.150 e. The maximum atomic E-state index is 10.8. The Morgan fingerprint density at radius 1 is 1.06 bits per heavy atom. The fraction of sp³-hybridized carbons (Fsp3) is 0.133. The summed E-state index contributed by atoms with van der Waals surface area (Å²) in [5, 5.41) is 0. The lowest BCUT2D eigenvalue weighted by atomic mass is 9.96. The molecule has 0 aliphatic rings. The molecule has 0 fully saturated rings. The van der Waals surface area contributed by atoms with Crippen molar-refractivity contribution in [3.05, 3.63) is 59.7 Å². The summed E-state index contributed by atoms with van der Waals surface area (Å²) >= 11 is 0. The largest absolute Gasteiger partial charge is 0.298 e. The monoisotopic (exact) mass is 210 g/mol. The highest BCUT2D eigenvalue weighted by Gasteiger charge is 2.04. The van der Waals surface area contributed by atoms with Crippen molar-refractivity contribution in [3.8, 4) is 11.1 Å². The summed E-state index contributed by atoms with van der Waals surface area (Å²) in [4.78, 5) is 10.8. The molecule has 0 saturated heterocycles. The van der Waals surface area contributed by atoms with Crippen LogP contribution in [0.3, 0.4) is 0 Å². The predicted octanol–water partition coefficient (Wildman–Crippen LogP) is 3.73. The molecule has 0 aliphatic carbocycles. The summed E-state index contributed by atoms with van der Waals surface area (Å²) in [5.74, 6) is 0. The highest BCUT2D eigenvalue weighted by Crippen LogP contribution is 2.24. The van der Waals surface area contributed by atoms with E-state index in [9.17, 15) is 4.79 Å². The van der Waals surface area contributed by atoms with Gasteiger partial charge in [0.05, 0.1) is 0 Å². The molecule has 0 amide bonds. The number of rotatable bonds is 3. The van der Waals surface area contributed by atoms with E-state index in [2.05, 4.69) is 19.1 Å². The lowest BCUT2D eigenvalue weighted by molar-refractivity contribution is 0.112. The van der Waals surface area contributed by atoms with E-state index in [1.54, 1.807) is 0 Å². The highest BCUT2D eigenvalue weighted by molar-refractivity contribution is 5.80. The second-order valence-electron chi connectivity index (χ2n) is 3.75. The van der Waals surface area contributed by atoms with E-state index in [-0.39, 0.29) is 0 Å². The van der Waals surface area contributed by atoms with Crippen molar-refractivity contribution in [1.82, 2.24) is 0 Å². The van der Waals surface area contributed by atoms with E-state index in [4.69, 9.17) is 0 Å². The summed E-state index contributed by atoms with van der Waals surface area (Å²) in [6, 6.07) is 16.0. The van der Waals surface area contributed by atoms with Crippen LogP contribution < -0.4 is 0 Å². The summed E-state index contributed by atoms with van der Waals surface area (Å²) in [6.07, 6.45) is 1.87. The average Bonchev–Trinajstić information content (AvgIpc) is 2.39. The fourth-order valence-electron chi connectivity index (χ4n) is 1.86. The Kier molecular flexibility index (Phi) is 3.16. The number of carbonyl (C=O) groups excluding carboxylic acids is 1. The number of benzene rings is 2. The molecule has 0 atom stereocenters. The van der Waals surface area contributed by atoms with Gasteiger partial charge in [-0.05, 0) is 29.2 Å². The van der Waals surface area contributed by atoms with Gasteiger partial charge in [0.25, 0.3) is 0 Å². The summed E-state index contributed by atoms with van der Waals surface area (Å²) in [5.41, 5.74) is 4.34. The van der Waals surface area contributed by atoms with Gasteiger partial charge in [-0.2, -0.15) is 0 Å². The van der Waals surface area contributed by atoms with Gasteiger partial charge in [-0.1, -0.05) is 49.4 Å². The Morgan fingerprint density at radius 2 is 1.81 bits per heavy atom. The number of aryl methyl sites for hydroxylation is 1. The average molecular weight is 210 g/mol. The number of aldehydes is 1. The van der Waals surface area contributed by atoms with Crippen molar-refractivity contribution in [1.29, 1.82) is 0 Å². The van der Waals surface area contributed by atoms with Crippen LogP contribution in [0.5, 0.6) is 0 Å². The lowest BCUT2D eigenvalue weighted by Crippen LogP contribution is -1.90. The maximum absolute atomic E-state index is 10.8. The van der Waals surface area contributed by atoms with E-state index >= 15 is 0 Å². The van der Waals surface area contributed by atoms with Crippen LogP contribution in [-0.4, -0.2) is 6.29 Å². The van der Waals surface area contributed by atoms with Crippen molar-refractivity contribution in [2.75, 3.05) is 0 Å². The standard InChI is InChI=1S/C15H14O/c1-2-13-9-8-12(11-16)10-15(13)14-6-4-3-5-7-14/h3-11H,2H2,1H3. The molecule has 0 N–H and O–H groups in total. The minimum atomic E-state index is 0.732. The second-order valence-corrected chi connectivity index (χ2v) is 3.75. The molecule has 0 unspecified atom stereocenters. The van der Waals surface area contributed by atoms with E-state index in [0.29, 0.717) is 0 Å². The first-order valence-corrected chi connectivity index (χ1v) is 5.48. The van der Waals surface area contributed by atoms with E-state index in [0.717, 1.165) is 23.8 Å². The molecule has 1 heteroatoms. The third-order valence-corrected chi connectivity index (χ3v) is 2.74. The molecule has 1 nitrogen and oxygen atoms in total. The van der Waals surface area contributed by atoms with Gasteiger partial charge in [-0.15, -0.1) is 0 Å². The van der Waals surface area contributed by atoms with Crippen LogP contribution >= 0.6 is 0 Å². The number of hydrogen-bond donors (Lipinski definition) is 0. The quantitative estimate of drug-likeness (QED) is 0.705. The van der Waals surface area contributed by atoms with Crippen molar-refractivity contribution < 1.29 is 4.79 Å². The van der Waals surface area contributed by atoms with Crippen LogP contribution in [0.25, 0.3) is 11.1 Å². The molecule has 2 aromatic rings. The van der Waals surface area contributed by atoms with Crippen LogP contribution in [0.15, 0.2) is 48.5 Å². The molecular formula is C15H14O. The molecule has 0 radical (unpaired) electrons. The van der Waals surface area contributed by atoms with Gasteiger partial charge < -0.3 is 0 Å². The Morgan fingerprint density at radius 3 is 2.44 bits per heavy atom. The van der Waals surface area contributed by atoms with Crippen LogP contribution in [0.1, 0.15) is 22.8 Å². The first-order valence-electron chi connectivity index (χ1n) is 5.48. The van der Waals surface area contributed by atoms with Gasteiger partial charge in [-0.3, -0.25) is 4.79 Å². The van der Waals surface area contributed by atoms with Gasteiger partial charge in [0.1, 0.15) is 6.29 Å². The number of hydrogen-bond acceptors (Lipinski definition) is 1. The van der Waals surface area contributed by atoms with Crippen molar-refractivity contribution in [2.24, 2.45) is 0 Å². The van der Waals surface area contributed by atoms with Gasteiger partial charge in [0.15, 0.2) is 0 Å². The third kappa shape index (κ3) is 2.03. The Balaban J connectivity index is 2.57. The van der Waals surface area contributed by atoms with Crippen LogP contribution in [0.2, 0.25) is 0 Å². The molecule has 0 saturated carbocycles. The van der Waals surface area contributed by atoms with E-state index < -0.39 is 0 Å². The zero-order valence-corrected chi connectivity index (χ0v) is 9.31. The molecule has 0 bridgehead atoms. The van der Waals surface area contributed by atoms with Crippen molar-refractivity contribution >= 4 is 6.29 Å². The molecule has 0 heterocycles. The zero-order valence-electron chi connectivity index (χ0n) is 9.31. The third-order valence-electron chi connectivity index (χ3n) is 2.74. The Bertz CT molecular complexity index is 486. The summed E-state index contributed by atoms with van der Waals surface area (Å²) < 4.78 is 0. The minimum Gasteiger partial charge on any atom is -0.298 e. The summed E-state index contributed by atoms with van der Waals surface area (Å²) in [7, 11) is 0. The molecule has 80 valence electrons. The van der Waals surface area contributed by atoms with Crippen molar-refractivity contribution in [3.63, 3.8) is 0 Å². The second kappa shape index (κ2) is 4.75. The van der Waals surface area contributed by atoms with E-state index in [1.807, 2.05) is 36.4 Å². The van der Waals surface area contributed by atoms with Crippen LogP contribution in [0, 0.1) is 0 Å². The fourth-order valence-corrected chi connectivity index (χ4v) is 1.86. The molecule has 0 spiro atoms. The normalized spacial score (nSPS) is 10.1. The van der Waals surface area contributed by atoms with Gasteiger partial charge in [0, 0.05) is 5.56 Å². The van der Waals surface area contributed by atoms with Gasteiger partial charge in [0.2, 0.25) is 0 Å². The molecule has 2 aromatic carbocycles. The first kappa shape index (κ1) is 10.6. The molecule has 0 aromatic heterocycles. The molecular weight excluding hydrogens is 196 g/mol. The molecule has 16 heavy (non-hydrogen) atoms. The first-order chi connectivity index (χ1) is 7.85. The SMILES string of the molecule is CCc1ccc(C=O)cc1-c1ccccc1. The topological polar surface area (TPSA) is 17.1 Å². The Hall–Kier alpha value is -1.89. The number of carbonyl (C=O) groups is 1. The molecule has 0 aliphatic heterocycles. The minimum absolute atomic E-state index is 0.732. The van der Waals surface area contributed by atoms with Gasteiger partial charge >= 0.3 is 0 Å². The smallest absolute Gasteiger partial charge is 0.150 e. The van der Waals surface area contributed by atoms with Crippen LogP contribution in [0.4, 0.5) is 0 Å². The van der Waals surface area contributed by atoms with Gasteiger partial charge in [-0.25, -0.2) is 0 Å². The zero-order chi connectivity index (χ0) is 11.4. The van der Waals surface area contributed by atoms with Crippen molar-refractivity contribution in [2.45, 2.75) is 13.3 Å².